The maximum absolute atomic E-state index is 7.00. The molecule has 1 heterocycles. The van der Waals surface area contributed by atoms with Gasteiger partial charge < -0.3 is 14.3 Å². The average Bonchev–Trinajstić information content (AvgIpc) is 3.25. The lowest BCUT2D eigenvalue weighted by Crippen LogP contribution is -1.91. The molecule has 0 aliphatic heterocycles. The minimum atomic E-state index is 0.421. The normalized spacial score (nSPS) is 11.3. The first-order valence-corrected chi connectivity index (χ1v) is 9.03. The van der Waals surface area contributed by atoms with Crippen LogP contribution in [0.1, 0.15) is 18.4 Å². The van der Waals surface area contributed by atoms with E-state index in [2.05, 4.69) is 16.8 Å². The fourth-order valence-electron chi connectivity index (χ4n) is 2.36. The molecule has 0 saturated carbocycles. The molecule has 0 bridgehead atoms. The molecule has 0 unspecified atom stereocenters. The first-order chi connectivity index (χ1) is 14.3. The number of hydrogen-bond acceptors (Lipinski definition) is 5. The average molecular weight is 388 g/mol. The molecule has 1 aromatic heterocycles. The Morgan fingerprint density at radius 3 is 2.59 bits per heavy atom. The van der Waals surface area contributed by atoms with Crippen LogP contribution in [0.25, 0.3) is 23.6 Å². The molecule has 0 saturated heterocycles. The lowest BCUT2D eigenvalue weighted by Gasteiger charge is -2.05. The highest BCUT2D eigenvalue weighted by Gasteiger charge is 2.06. The fraction of sp³-hybridized carbons (Fsp3) is 0.0833. The van der Waals surface area contributed by atoms with Crippen molar-refractivity contribution < 1.29 is 14.3 Å². The summed E-state index contributed by atoms with van der Waals surface area (Å²) in [5.74, 6) is 2.37. The van der Waals surface area contributed by atoms with Gasteiger partial charge in [-0.1, -0.05) is 55.1 Å². The van der Waals surface area contributed by atoms with Gasteiger partial charge in [0.2, 0.25) is 11.8 Å². The van der Waals surface area contributed by atoms with E-state index in [1.165, 1.54) is 0 Å². The van der Waals surface area contributed by atoms with E-state index in [0.29, 0.717) is 17.5 Å². The number of para-hydroxylation sites is 1. The Labute approximate surface area is 171 Å². The second-order valence-electron chi connectivity index (χ2n) is 5.62. The number of benzene rings is 2. The Kier molecular flexibility index (Phi) is 8.86. The van der Waals surface area contributed by atoms with E-state index in [9.17, 15) is 0 Å². The first-order valence-electron chi connectivity index (χ1n) is 9.03. The van der Waals surface area contributed by atoms with Gasteiger partial charge in [0.05, 0.1) is 0 Å². The van der Waals surface area contributed by atoms with Crippen molar-refractivity contribution >= 4 is 12.2 Å². The van der Waals surface area contributed by atoms with Gasteiger partial charge >= 0.3 is 0 Å². The molecule has 0 aliphatic carbocycles. The zero-order valence-electron chi connectivity index (χ0n) is 16.5. The summed E-state index contributed by atoms with van der Waals surface area (Å²) in [4.78, 5) is 0. The molecular formula is C24H24N2O3. The van der Waals surface area contributed by atoms with Crippen LogP contribution in [0.3, 0.4) is 0 Å². The summed E-state index contributed by atoms with van der Waals surface area (Å²) in [5.41, 5.74) is 1.86. The zero-order valence-corrected chi connectivity index (χ0v) is 16.5. The molecule has 0 fully saturated rings. The number of ether oxygens (including phenoxy) is 1. The molecule has 0 atom stereocenters. The van der Waals surface area contributed by atoms with Crippen molar-refractivity contribution in [2.24, 2.45) is 0 Å². The predicted molar refractivity (Wildman–Crippen MR) is 117 cm³/mol. The third-order valence-electron chi connectivity index (χ3n) is 3.62. The van der Waals surface area contributed by atoms with E-state index in [-0.39, 0.29) is 0 Å². The van der Waals surface area contributed by atoms with Crippen LogP contribution in [-0.2, 0) is 0 Å². The Morgan fingerprint density at radius 2 is 1.86 bits per heavy atom. The Hall–Kier alpha value is -3.70. The molecule has 0 amide bonds. The summed E-state index contributed by atoms with van der Waals surface area (Å²) >= 11 is 0. The molecule has 0 radical (unpaired) electrons. The Bertz CT molecular complexity index is 986. The first kappa shape index (κ1) is 21.6. The van der Waals surface area contributed by atoms with Crippen LogP contribution in [-0.4, -0.2) is 22.4 Å². The van der Waals surface area contributed by atoms with Crippen LogP contribution in [0.5, 0.6) is 5.75 Å². The monoisotopic (exact) mass is 388 g/mol. The molecule has 0 spiro atoms. The summed E-state index contributed by atoms with van der Waals surface area (Å²) in [6.07, 6.45) is 11.0. The quantitative estimate of drug-likeness (QED) is 0.425. The summed E-state index contributed by atoms with van der Waals surface area (Å²) < 4.78 is 11.5. The molecule has 0 aliphatic rings. The third kappa shape index (κ3) is 6.75. The van der Waals surface area contributed by atoms with Crippen LogP contribution in [0.4, 0.5) is 0 Å². The van der Waals surface area contributed by atoms with Crippen LogP contribution in [0, 0.1) is 0 Å². The van der Waals surface area contributed by atoms with E-state index < -0.39 is 0 Å². The second-order valence-corrected chi connectivity index (χ2v) is 5.62. The second kappa shape index (κ2) is 11.9. The lowest BCUT2D eigenvalue weighted by molar-refractivity contribution is 0.399. The molecular weight excluding hydrogens is 364 g/mol. The topological polar surface area (TPSA) is 68.4 Å². The Balaban J connectivity index is 0.00000145. The van der Waals surface area contributed by atoms with Crippen LogP contribution < -0.4 is 4.74 Å². The summed E-state index contributed by atoms with van der Waals surface area (Å²) in [6, 6.07) is 17.4. The molecule has 3 aromatic rings. The van der Waals surface area contributed by atoms with Crippen LogP contribution >= 0.6 is 0 Å². The lowest BCUT2D eigenvalue weighted by atomic mass is 10.1. The van der Waals surface area contributed by atoms with Gasteiger partial charge in [0.25, 0.3) is 0 Å². The van der Waals surface area contributed by atoms with Crippen molar-refractivity contribution in [2.45, 2.75) is 6.92 Å². The van der Waals surface area contributed by atoms with Crippen LogP contribution in [0.15, 0.2) is 95.7 Å². The van der Waals surface area contributed by atoms with Gasteiger partial charge in [-0.2, -0.15) is 0 Å². The number of hydrogen-bond donors (Lipinski definition) is 1. The molecule has 2 aromatic carbocycles. The molecule has 1 N–H and O–H groups in total. The van der Waals surface area contributed by atoms with E-state index in [1.54, 1.807) is 12.2 Å². The number of rotatable bonds is 7. The standard InChI is InChI=1S/C23H20N2O2.CH4O/c1-3-10-20(26-21-13-6-5-7-14-21)15-9-16-22-24-25-23(27-22)19-12-8-11-18(4-2)17-19;1-2/h3-17H,2H2,1H3;2H,1H3/b10-3-,16-9+,20-15+;. The van der Waals surface area contributed by atoms with Gasteiger partial charge in [-0.05, 0) is 48.9 Å². The highest BCUT2D eigenvalue weighted by molar-refractivity contribution is 5.60. The summed E-state index contributed by atoms with van der Waals surface area (Å²) in [5, 5.41) is 15.2. The number of allylic oxidation sites excluding steroid dienone is 4. The van der Waals surface area contributed by atoms with Crippen LogP contribution in [0.2, 0.25) is 0 Å². The van der Waals surface area contributed by atoms with E-state index in [4.69, 9.17) is 14.3 Å². The van der Waals surface area contributed by atoms with Gasteiger partial charge in [0.1, 0.15) is 11.5 Å². The van der Waals surface area contributed by atoms with Gasteiger partial charge in [0, 0.05) is 18.7 Å². The van der Waals surface area contributed by atoms with Gasteiger partial charge in [0.15, 0.2) is 0 Å². The van der Waals surface area contributed by atoms with Crippen molar-refractivity contribution in [1.29, 1.82) is 0 Å². The van der Waals surface area contributed by atoms with Gasteiger partial charge in [-0.3, -0.25) is 0 Å². The van der Waals surface area contributed by atoms with Gasteiger partial charge in [-0.25, -0.2) is 0 Å². The summed E-state index contributed by atoms with van der Waals surface area (Å²) in [7, 11) is 1.00. The number of nitrogens with zero attached hydrogens (tertiary/aromatic N) is 2. The highest BCUT2D eigenvalue weighted by atomic mass is 16.5. The Morgan fingerprint density at radius 1 is 1.07 bits per heavy atom. The van der Waals surface area contributed by atoms with Crippen molar-refractivity contribution in [1.82, 2.24) is 10.2 Å². The van der Waals surface area contributed by atoms with Gasteiger partial charge in [-0.15, -0.1) is 10.2 Å². The maximum Gasteiger partial charge on any atom is 0.248 e. The highest BCUT2D eigenvalue weighted by Crippen LogP contribution is 2.20. The number of aliphatic hydroxyl groups is 1. The minimum absolute atomic E-state index is 0.421. The molecule has 148 valence electrons. The molecule has 29 heavy (non-hydrogen) atoms. The number of aromatic nitrogens is 2. The molecule has 3 rings (SSSR count). The van der Waals surface area contributed by atoms with Crippen molar-refractivity contribution in [3.05, 3.63) is 103 Å². The van der Waals surface area contributed by atoms with Crippen molar-refractivity contribution in [3.63, 3.8) is 0 Å². The maximum atomic E-state index is 7.00. The SMILES string of the molecule is C=Cc1cccc(-c2nnc(/C=C/C=C(\C=C/C)Oc3ccccc3)o2)c1.CO. The smallest absolute Gasteiger partial charge is 0.248 e. The predicted octanol–water partition coefficient (Wildman–Crippen LogP) is 5.54. The van der Waals surface area contributed by atoms with Crippen molar-refractivity contribution in [2.75, 3.05) is 7.11 Å². The summed E-state index contributed by atoms with van der Waals surface area (Å²) in [6.45, 7) is 5.71. The van der Waals surface area contributed by atoms with E-state index in [1.807, 2.05) is 85.8 Å². The van der Waals surface area contributed by atoms with E-state index in [0.717, 1.165) is 24.0 Å². The third-order valence-corrected chi connectivity index (χ3v) is 3.62. The zero-order chi connectivity index (χ0) is 20.9. The minimum Gasteiger partial charge on any atom is -0.457 e. The van der Waals surface area contributed by atoms with E-state index >= 15 is 0 Å². The largest absolute Gasteiger partial charge is 0.457 e. The molecule has 5 nitrogen and oxygen atoms in total. The van der Waals surface area contributed by atoms with Crippen molar-refractivity contribution in [3.8, 4) is 17.2 Å². The molecule has 5 heteroatoms. The fourth-order valence-corrected chi connectivity index (χ4v) is 2.36. The number of aliphatic hydroxyl groups excluding tert-OH is 1.